The van der Waals surface area contributed by atoms with Crippen molar-refractivity contribution in [2.75, 3.05) is 6.54 Å². The number of ether oxygens (including phenoxy) is 1. The molecule has 0 saturated heterocycles. The summed E-state index contributed by atoms with van der Waals surface area (Å²) in [6.07, 6.45) is -2.55. The van der Waals surface area contributed by atoms with Gasteiger partial charge in [-0.3, -0.25) is 9.59 Å². The highest BCUT2D eigenvalue weighted by atomic mass is 19.4. The molecule has 3 rings (SSSR count). The van der Waals surface area contributed by atoms with Crippen molar-refractivity contribution in [1.29, 1.82) is 0 Å². The number of carbonyl (C=O) groups excluding carboxylic acids is 2. The normalized spacial score (nSPS) is 11.2. The van der Waals surface area contributed by atoms with Crippen molar-refractivity contribution >= 4 is 11.9 Å². The number of pyridine rings is 1. The zero-order valence-corrected chi connectivity index (χ0v) is 15.8. The number of halogens is 3. The van der Waals surface area contributed by atoms with Crippen LogP contribution in [0.2, 0.25) is 0 Å². The molecule has 1 N–H and O–H groups in total. The molecule has 0 radical (unpaired) electrons. The highest BCUT2D eigenvalue weighted by Gasteiger charge is 2.30. The van der Waals surface area contributed by atoms with Crippen molar-refractivity contribution < 1.29 is 27.5 Å². The van der Waals surface area contributed by atoms with Crippen LogP contribution in [0.3, 0.4) is 0 Å². The van der Waals surface area contributed by atoms with Crippen LogP contribution >= 0.6 is 0 Å². The fourth-order valence-corrected chi connectivity index (χ4v) is 2.58. The van der Waals surface area contributed by atoms with Crippen LogP contribution in [0.15, 0.2) is 54.9 Å². The Kier molecular flexibility index (Phi) is 6.14. The van der Waals surface area contributed by atoms with E-state index in [-0.39, 0.29) is 24.5 Å². The average Bonchev–Trinajstić information content (AvgIpc) is 3.12. The molecule has 0 atom stereocenters. The number of alkyl halides is 3. The Labute approximate surface area is 169 Å². The van der Waals surface area contributed by atoms with E-state index in [2.05, 4.69) is 15.4 Å². The summed E-state index contributed by atoms with van der Waals surface area (Å²) in [6, 6.07) is 11.1. The molecule has 10 heteroatoms. The van der Waals surface area contributed by atoms with Gasteiger partial charge in [0.1, 0.15) is 13.2 Å². The van der Waals surface area contributed by atoms with Crippen molar-refractivity contribution in [3.8, 4) is 5.82 Å². The first-order valence-electron chi connectivity index (χ1n) is 8.81. The Hall–Kier alpha value is -3.69. The lowest BCUT2D eigenvalue weighted by Crippen LogP contribution is -2.30. The van der Waals surface area contributed by atoms with Gasteiger partial charge in [-0.15, -0.1) is 0 Å². The third kappa shape index (κ3) is 5.02. The Balaban J connectivity index is 1.59. The van der Waals surface area contributed by atoms with Crippen molar-refractivity contribution in [2.45, 2.75) is 19.7 Å². The van der Waals surface area contributed by atoms with Gasteiger partial charge >= 0.3 is 12.1 Å². The Bertz CT molecular complexity index is 1030. The van der Waals surface area contributed by atoms with Crippen molar-refractivity contribution in [1.82, 2.24) is 20.1 Å². The summed E-state index contributed by atoms with van der Waals surface area (Å²) >= 11 is 0. The molecule has 0 fully saturated rings. The van der Waals surface area contributed by atoms with Gasteiger partial charge in [0.25, 0.3) is 5.91 Å². The van der Waals surface area contributed by atoms with Gasteiger partial charge in [0.15, 0.2) is 5.82 Å². The molecule has 30 heavy (non-hydrogen) atoms. The molecule has 7 nitrogen and oxygen atoms in total. The maximum absolute atomic E-state index is 12.7. The Morgan fingerprint density at radius 2 is 1.83 bits per heavy atom. The van der Waals surface area contributed by atoms with Gasteiger partial charge in [0.05, 0.1) is 23.0 Å². The van der Waals surface area contributed by atoms with Gasteiger partial charge in [0.2, 0.25) is 0 Å². The predicted molar refractivity (Wildman–Crippen MR) is 99.7 cm³/mol. The fraction of sp³-hybridized carbons (Fsp3) is 0.200. The van der Waals surface area contributed by atoms with Gasteiger partial charge in [-0.2, -0.15) is 18.3 Å². The number of carbonyl (C=O) groups is 2. The van der Waals surface area contributed by atoms with Crippen LogP contribution in [0.4, 0.5) is 13.2 Å². The summed E-state index contributed by atoms with van der Waals surface area (Å²) in [5.41, 5.74) is 0.450. The number of rotatable bonds is 6. The van der Waals surface area contributed by atoms with Crippen LogP contribution in [0.25, 0.3) is 5.82 Å². The zero-order chi connectivity index (χ0) is 21.7. The van der Waals surface area contributed by atoms with Gasteiger partial charge in [0, 0.05) is 6.20 Å². The molecule has 3 aromatic rings. The summed E-state index contributed by atoms with van der Waals surface area (Å²) < 4.78 is 44.3. The number of nitrogens with one attached hydrogen (secondary N) is 1. The molecule has 0 saturated carbocycles. The molecule has 1 amide bonds. The van der Waals surface area contributed by atoms with E-state index in [1.165, 1.54) is 10.9 Å². The smallest absolute Gasteiger partial charge is 0.417 e. The van der Waals surface area contributed by atoms with Crippen LogP contribution < -0.4 is 5.32 Å². The van der Waals surface area contributed by atoms with Gasteiger partial charge in [-0.1, -0.05) is 30.3 Å². The van der Waals surface area contributed by atoms with Crippen LogP contribution in [-0.4, -0.2) is 33.2 Å². The Morgan fingerprint density at radius 3 is 2.47 bits per heavy atom. The molecule has 2 aromatic heterocycles. The highest BCUT2D eigenvalue weighted by molar-refractivity contribution is 5.96. The standard InChI is InChI=1S/C20H17F3N4O3/c1-13-16(10-26-27(13)17-8-7-15(9-24-17)20(21,22)23)19(29)25-11-18(28)30-12-14-5-3-2-4-6-14/h2-10H,11-12H2,1H3,(H,25,29). The zero-order valence-electron chi connectivity index (χ0n) is 15.8. The molecule has 0 unspecified atom stereocenters. The quantitative estimate of drug-likeness (QED) is 0.622. The second-order valence-corrected chi connectivity index (χ2v) is 6.29. The van der Waals surface area contributed by atoms with E-state index in [0.717, 1.165) is 17.7 Å². The van der Waals surface area contributed by atoms with Gasteiger partial charge < -0.3 is 10.1 Å². The minimum absolute atomic E-state index is 0.0894. The number of benzene rings is 1. The van der Waals surface area contributed by atoms with Crippen LogP contribution in [0.5, 0.6) is 0 Å². The maximum Gasteiger partial charge on any atom is 0.417 e. The van der Waals surface area contributed by atoms with Crippen molar-refractivity contribution in [3.05, 3.63) is 77.2 Å². The summed E-state index contributed by atoms with van der Waals surface area (Å²) in [7, 11) is 0. The molecular formula is C20H17F3N4O3. The highest BCUT2D eigenvalue weighted by Crippen LogP contribution is 2.28. The monoisotopic (exact) mass is 418 g/mol. The molecule has 0 spiro atoms. The second kappa shape index (κ2) is 8.76. The largest absolute Gasteiger partial charge is 0.460 e. The topological polar surface area (TPSA) is 86.1 Å². The molecule has 0 aliphatic heterocycles. The predicted octanol–water partition coefficient (Wildman–Crippen LogP) is 3.07. The van der Waals surface area contributed by atoms with Crippen molar-refractivity contribution in [2.24, 2.45) is 0 Å². The molecule has 0 aliphatic carbocycles. The molecule has 2 heterocycles. The van der Waals surface area contributed by atoms with E-state index in [1.807, 2.05) is 18.2 Å². The minimum Gasteiger partial charge on any atom is -0.460 e. The van der Waals surface area contributed by atoms with Crippen LogP contribution in [-0.2, 0) is 22.3 Å². The summed E-state index contributed by atoms with van der Waals surface area (Å²) in [5.74, 6) is -1.05. The van der Waals surface area contributed by atoms with Gasteiger partial charge in [-0.25, -0.2) is 9.67 Å². The average molecular weight is 418 g/mol. The first-order chi connectivity index (χ1) is 14.3. The first kappa shape index (κ1) is 21.0. The third-order valence-corrected chi connectivity index (χ3v) is 4.18. The van der Waals surface area contributed by atoms with E-state index < -0.39 is 23.6 Å². The van der Waals surface area contributed by atoms with Crippen LogP contribution in [0.1, 0.15) is 27.2 Å². The van der Waals surface area contributed by atoms with E-state index >= 15 is 0 Å². The molecule has 1 aromatic carbocycles. The summed E-state index contributed by atoms with van der Waals surface area (Å²) in [6.45, 7) is 1.32. The second-order valence-electron chi connectivity index (χ2n) is 6.29. The summed E-state index contributed by atoms with van der Waals surface area (Å²) in [4.78, 5) is 27.9. The lowest BCUT2D eigenvalue weighted by molar-refractivity contribution is -0.143. The first-order valence-corrected chi connectivity index (χ1v) is 8.81. The van der Waals surface area contributed by atoms with E-state index in [1.54, 1.807) is 19.1 Å². The number of hydrogen-bond donors (Lipinski definition) is 1. The van der Waals surface area contributed by atoms with E-state index in [0.29, 0.717) is 11.9 Å². The van der Waals surface area contributed by atoms with E-state index in [9.17, 15) is 22.8 Å². The fourth-order valence-electron chi connectivity index (χ4n) is 2.58. The number of aromatic nitrogens is 3. The lowest BCUT2D eigenvalue weighted by Gasteiger charge is -2.08. The van der Waals surface area contributed by atoms with E-state index in [4.69, 9.17) is 4.74 Å². The third-order valence-electron chi connectivity index (χ3n) is 4.18. The van der Waals surface area contributed by atoms with Gasteiger partial charge in [-0.05, 0) is 24.6 Å². The number of hydrogen-bond acceptors (Lipinski definition) is 5. The number of amides is 1. The molecule has 0 bridgehead atoms. The van der Waals surface area contributed by atoms with Crippen molar-refractivity contribution in [3.63, 3.8) is 0 Å². The Morgan fingerprint density at radius 1 is 1.10 bits per heavy atom. The maximum atomic E-state index is 12.7. The summed E-state index contributed by atoms with van der Waals surface area (Å²) in [5, 5.41) is 6.43. The number of nitrogens with zero attached hydrogens (tertiary/aromatic N) is 3. The SMILES string of the molecule is Cc1c(C(=O)NCC(=O)OCc2ccccc2)cnn1-c1ccc(C(F)(F)F)cn1. The molecule has 0 aliphatic rings. The number of esters is 1. The molecule has 156 valence electrons. The molecular weight excluding hydrogens is 401 g/mol. The lowest BCUT2D eigenvalue weighted by atomic mass is 10.2. The van der Waals surface area contributed by atoms with Crippen LogP contribution in [0, 0.1) is 6.92 Å². The minimum atomic E-state index is -4.50.